The van der Waals surface area contributed by atoms with Gasteiger partial charge in [0.15, 0.2) is 0 Å². The molecule has 0 bridgehead atoms. The molecular weight excluding hydrogens is 205 g/mol. The van der Waals surface area contributed by atoms with Crippen LogP contribution in [0.1, 0.15) is 19.3 Å². The van der Waals surface area contributed by atoms with E-state index in [1.165, 1.54) is 19.0 Å². The van der Waals surface area contributed by atoms with Crippen molar-refractivity contribution in [2.24, 2.45) is 0 Å². The monoisotopic (exact) mass is 221 g/mol. The van der Waals surface area contributed by atoms with E-state index in [2.05, 4.69) is 15.2 Å². The first-order valence-electron chi connectivity index (χ1n) is 5.95. The van der Waals surface area contributed by atoms with Crippen LogP contribution in [0, 0.1) is 5.82 Å². The highest BCUT2D eigenvalue weighted by Crippen LogP contribution is 2.29. The van der Waals surface area contributed by atoms with Gasteiger partial charge in [-0.15, -0.1) is 0 Å². The molecule has 2 aliphatic heterocycles. The van der Waals surface area contributed by atoms with E-state index in [9.17, 15) is 4.39 Å². The highest BCUT2D eigenvalue weighted by molar-refractivity contribution is 5.46. The number of fused-ring (bicyclic) bond motifs is 1. The largest absolute Gasteiger partial charge is 0.366 e. The number of halogens is 1. The Morgan fingerprint density at radius 2 is 2.31 bits per heavy atom. The van der Waals surface area contributed by atoms with Crippen LogP contribution in [0.5, 0.6) is 0 Å². The van der Waals surface area contributed by atoms with E-state index in [1.807, 2.05) is 0 Å². The Morgan fingerprint density at radius 1 is 1.38 bits per heavy atom. The van der Waals surface area contributed by atoms with Crippen LogP contribution in [0.4, 0.5) is 10.1 Å². The molecular formula is C12H16FN3. The lowest BCUT2D eigenvalue weighted by molar-refractivity contribution is 0.411. The number of anilines is 1. The maximum atomic E-state index is 13.2. The van der Waals surface area contributed by atoms with E-state index in [1.54, 1.807) is 12.3 Å². The summed E-state index contributed by atoms with van der Waals surface area (Å²) in [4.78, 5) is 6.25. The molecule has 1 aromatic rings. The van der Waals surface area contributed by atoms with Gasteiger partial charge in [0.25, 0.3) is 0 Å². The van der Waals surface area contributed by atoms with Crippen molar-refractivity contribution in [1.82, 2.24) is 10.3 Å². The van der Waals surface area contributed by atoms with Gasteiger partial charge in [0.1, 0.15) is 5.82 Å². The number of hydrogen-bond donors (Lipinski definition) is 1. The minimum absolute atomic E-state index is 0.245. The smallest absolute Gasteiger partial charge is 0.143 e. The predicted octanol–water partition coefficient (Wildman–Crippen LogP) is 1.55. The normalized spacial score (nSPS) is 29.2. The fraction of sp³-hybridized carbons (Fsp3) is 0.583. The summed E-state index contributed by atoms with van der Waals surface area (Å²) in [5, 5.41) is 3.52. The summed E-state index contributed by atoms with van der Waals surface area (Å²) in [5.41, 5.74) is 0.929. The third-order valence-corrected chi connectivity index (χ3v) is 3.65. The second-order valence-electron chi connectivity index (χ2n) is 4.61. The Hall–Kier alpha value is -1.16. The van der Waals surface area contributed by atoms with E-state index < -0.39 is 0 Å². The number of rotatable bonds is 1. The van der Waals surface area contributed by atoms with Gasteiger partial charge in [-0.1, -0.05) is 0 Å². The molecule has 3 rings (SSSR count). The van der Waals surface area contributed by atoms with Crippen LogP contribution in [0.25, 0.3) is 0 Å². The van der Waals surface area contributed by atoms with Crippen LogP contribution in [0.3, 0.4) is 0 Å². The van der Waals surface area contributed by atoms with Gasteiger partial charge in [-0.05, 0) is 25.8 Å². The van der Waals surface area contributed by atoms with Gasteiger partial charge < -0.3 is 10.2 Å². The average molecular weight is 221 g/mol. The van der Waals surface area contributed by atoms with Crippen LogP contribution >= 0.6 is 0 Å². The molecule has 0 aliphatic carbocycles. The van der Waals surface area contributed by atoms with Gasteiger partial charge in [0.05, 0.1) is 18.1 Å². The van der Waals surface area contributed by atoms with Gasteiger partial charge in [0.2, 0.25) is 0 Å². The Kier molecular flexibility index (Phi) is 2.52. The Bertz CT molecular complexity index is 382. The van der Waals surface area contributed by atoms with Crippen molar-refractivity contribution in [1.29, 1.82) is 0 Å². The summed E-state index contributed by atoms with van der Waals surface area (Å²) in [7, 11) is 0. The lowest BCUT2D eigenvalue weighted by Crippen LogP contribution is -2.48. The number of nitrogens with one attached hydrogen (secondary N) is 1. The number of nitrogens with zero attached hydrogens (tertiary/aromatic N) is 2. The minimum atomic E-state index is -0.245. The van der Waals surface area contributed by atoms with Gasteiger partial charge in [-0.3, -0.25) is 4.98 Å². The number of pyridine rings is 1. The maximum absolute atomic E-state index is 13.2. The Labute approximate surface area is 94.7 Å². The van der Waals surface area contributed by atoms with E-state index >= 15 is 0 Å². The molecule has 0 saturated carbocycles. The SMILES string of the molecule is Fc1cncc(N2CCC[C@H]3NCC[C@H]32)c1. The van der Waals surface area contributed by atoms with Crippen molar-refractivity contribution in [3.8, 4) is 0 Å². The second-order valence-corrected chi connectivity index (χ2v) is 4.61. The van der Waals surface area contributed by atoms with Crippen molar-refractivity contribution < 1.29 is 4.39 Å². The molecule has 2 atom stereocenters. The van der Waals surface area contributed by atoms with Crippen molar-refractivity contribution in [2.45, 2.75) is 31.3 Å². The molecule has 4 heteroatoms. The summed E-state index contributed by atoms with van der Waals surface area (Å²) in [6.07, 6.45) is 6.59. The van der Waals surface area contributed by atoms with Gasteiger partial charge in [0, 0.05) is 24.7 Å². The second kappa shape index (κ2) is 4.01. The van der Waals surface area contributed by atoms with Crippen LogP contribution in [0.15, 0.2) is 18.5 Å². The van der Waals surface area contributed by atoms with Crippen LogP contribution in [-0.2, 0) is 0 Å². The van der Waals surface area contributed by atoms with Crippen molar-refractivity contribution in [3.05, 3.63) is 24.3 Å². The standard InChI is InChI=1S/C12H16FN3/c13-9-6-10(8-14-7-9)16-5-1-2-11-12(16)3-4-15-11/h6-8,11-12,15H,1-5H2/t11-,12-/m1/s1. The van der Waals surface area contributed by atoms with Gasteiger partial charge >= 0.3 is 0 Å². The highest BCUT2D eigenvalue weighted by Gasteiger charge is 2.34. The summed E-state index contributed by atoms with van der Waals surface area (Å²) >= 11 is 0. The van der Waals surface area contributed by atoms with E-state index in [0.29, 0.717) is 12.1 Å². The number of aromatic nitrogens is 1. The summed E-state index contributed by atoms with van der Waals surface area (Å²) in [5.74, 6) is -0.245. The maximum Gasteiger partial charge on any atom is 0.143 e. The molecule has 0 spiro atoms. The van der Waals surface area contributed by atoms with E-state index in [4.69, 9.17) is 0 Å². The van der Waals surface area contributed by atoms with Gasteiger partial charge in [-0.25, -0.2) is 4.39 Å². The molecule has 16 heavy (non-hydrogen) atoms. The molecule has 2 fully saturated rings. The molecule has 1 N–H and O–H groups in total. The van der Waals surface area contributed by atoms with Crippen LogP contribution in [-0.4, -0.2) is 30.2 Å². The summed E-state index contributed by atoms with van der Waals surface area (Å²) in [6, 6.07) is 2.70. The molecule has 0 amide bonds. The zero-order valence-corrected chi connectivity index (χ0v) is 9.19. The third kappa shape index (κ3) is 1.67. The molecule has 3 heterocycles. The Morgan fingerprint density at radius 3 is 3.19 bits per heavy atom. The average Bonchev–Trinajstić information content (AvgIpc) is 2.76. The molecule has 86 valence electrons. The molecule has 0 unspecified atom stereocenters. The Balaban J connectivity index is 1.88. The molecule has 0 aromatic carbocycles. The van der Waals surface area contributed by atoms with Crippen molar-refractivity contribution in [2.75, 3.05) is 18.0 Å². The van der Waals surface area contributed by atoms with E-state index in [-0.39, 0.29) is 5.82 Å². The van der Waals surface area contributed by atoms with Gasteiger partial charge in [-0.2, -0.15) is 0 Å². The minimum Gasteiger partial charge on any atom is -0.366 e. The molecule has 1 aromatic heterocycles. The van der Waals surface area contributed by atoms with Crippen LogP contribution in [0.2, 0.25) is 0 Å². The fourth-order valence-electron chi connectivity index (χ4n) is 2.95. The topological polar surface area (TPSA) is 28.2 Å². The van der Waals surface area contributed by atoms with Crippen molar-refractivity contribution >= 4 is 5.69 Å². The molecule has 2 saturated heterocycles. The third-order valence-electron chi connectivity index (χ3n) is 3.65. The van der Waals surface area contributed by atoms with Crippen molar-refractivity contribution in [3.63, 3.8) is 0 Å². The zero-order valence-electron chi connectivity index (χ0n) is 9.19. The van der Waals surface area contributed by atoms with E-state index in [0.717, 1.165) is 25.2 Å². The first kappa shape index (κ1) is 10.0. The summed E-state index contributed by atoms with van der Waals surface area (Å²) in [6.45, 7) is 2.10. The predicted molar refractivity (Wildman–Crippen MR) is 61.0 cm³/mol. The lowest BCUT2D eigenvalue weighted by Gasteiger charge is -2.38. The first-order chi connectivity index (χ1) is 7.84. The quantitative estimate of drug-likeness (QED) is 0.780. The summed E-state index contributed by atoms with van der Waals surface area (Å²) < 4.78 is 13.2. The lowest BCUT2D eigenvalue weighted by atomic mass is 9.97. The molecule has 3 nitrogen and oxygen atoms in total. The molecule has 2 aliphatic rings. The molecule has 0 radical (unpaired) electrons. The van der Waals surface area contributed by atoms with Crippen LogP contribution < -0.4 is 10.2 Å². The number of piperidine rings is 1. The fourth-order valence-corrected chi connectivity index (χ4v) is 2.95. The zero-order chi connectivity index (χ0) is 11.0. The highest BCUT2D eigenvalue weighted by atomic mass is 19.1. The number of hydrogen-bond acceptors (Lipinski definition) is 3. The first-order valence-corrected chi connectivity index (χ1v) is 5.95.